The maximum atomic E-state index is 4.31. The average molecular weight is 201 g/mol. The van der Waals surface area contributed by atoms with Gasteiger partial charge in [0.25, 0.3) is 0 Å². The van der Waals surface area contributed by atoms with Crippen LogP contribution in [0, 0.1) is 0 Å². The fourth-order valence-corrected chi connectivity index (χ4v) is 1.42. The van der Waals surface area contributed by atoms with Gasteiger partial charge in [0.15, 0.2) is 0 Å². The Labute approximate surface area is 89.8 Å². The second-order valence-electron chi connectivity index (χ2n) is 3.95. The van der Waals surface area contributed by atoms with E-state index in [1.54, 1.807) is 0 Å². The molecule has 0 saturated carbocycles. The second-order valence-corrected chi connectivity index (χ2v) is 3.95. The van der Waals surface area contributed by atoms with Crippen LogP contribution in [0.25, 0.3) is 0 Å². The molecule has 0 bridgehead atoms. The highest BCUT2D eigenvalue weighted by Gasteiger charge is 2.03. The maximum absolute atomic E-state index is 4.31. The van der Waals surface area contributed by atoms with E-state index in [0.717, 1.165) is 12.2 Å². The van der Waals surface area contributed by atoms with E-state index in [0.29, 0.717) is 5.92 Å². The Morgan fingerprint density at radius 3 is 2.80 bits per heavy atom. The van der Waals surface area contributed by atoms with Gasteiger partial charge >= 0.3 is 0 Å². The molecule has 0 unspecified atom stereocenters. The molecule has 78 valence electrons. The third-order valence-corrected chi connectivity index (χ3v) is 2.37. The van der Waals surface area contributed by atoms with Crippen molar-refractivity contribution in [2.24, 2.45) is 0 Å². The van der Waals surface area contributed by atoms with E-state index in [4.69, 9.17) is 0 Å². The van der Waals surface area contributed by atoms with E-state index in [9.17, 15) is 0 Å². The summed E-state index contributed by atoms with van der Waals surface area (Å²) in [7, 11) is 0. The SMILES string of the molecule is CC(C)c1cnn(Cc2ccccn2)c1. The molecule has 0 aliphatic carbocycles. The minimum Gasteiger partial charge on any atom is -0.266 e. The topological polar surface area (TPSA) is 30.7 Å². The van der Waals surface area contributed by atoms with Crippen molar-refractivity contribution < 1.29 is 0 Å². The number of rotatable bonds is 3. The smallest absolute Gasteiger partial charge is 0.0831 e. The van der Waals surface area contributed by atoms with Crippen molar-refractivity contribution >= 4 is 0 Å². The zero-order valence-corrected chi connectivity index (χ0v) is 9.09. The van der Waals surface area contributed by atoms with E-state index >= 15 is 0 Å². The Hall–Kier alpha value is -1.64. The normalized spacial score (nSPS) is 10.9. The van der Waals surface area contributed by atoms with Crippen LogP contribution in [-0.4, -0.2) is 14.8 Å². The lowest BCUT2D eigenvalue weighted by atomic mass is 10.1. The van der Waals surface area contributed by atoms with Crippen molar-refractivity contribution in [2.75, 3.05) is 0 Å². The summed E-state index contributed by atoms with van der Waals surface area (Å²) in [5.41, 5.74) is 2.31. The third kappa shape index (κ3) is 2.43. The predicted molar refractivity (Wildman–Crippen MR) is 59.7 cm³/mol. The average Bonchev–Trinajstić information content (AvgIpc) is 2.68. The van der Waals surface area contributed by atoms with Gasteiger partial charge in [0.05, 0.1) is 18.4 Å². The predicted octanol–water partition coefficient (Wildman–Crippen LogP) is 2.45. The van der Waals surface area contributed by atoms with Gasteiger partial charge in [0.1, 0.15) is 0 Å². The van der Waals surface area contributed by atoms with E-state index < -0.39 is 0 Å². The minimum atomic E-state index is 0.530. The fraction of sp³-hybridized carbons (Fsp3) is 0.333. The van der Waals surface area contributed by atoms with E-state index in [-0.39, 0.29) is 0 Å². The van der Waals surface area contributed by atoms with Crippen LogP contribution in [0.15, 0.2) is 36.8 Å². The number of nitrogens with zero attached hydrogens (tertiary/aromatic N) is 3. The Kier molecular flexibility index (Phi) is 2.81. The van der Waals surface area contributed by atoms with Crippen LogP contribution in [0.5, 0.6) is 0 Å². The first kappa shape index (κ1) is 9.90. The van der Waals surface area contributed by atoms with Gasteiger partial charge in [-0.3, -0.25) is 9.67 Å². The highest BCUT2D eigenvalue weighted by atomic mass is 15.3. The quantitative estimate of drug-likeness (QED) is 0.763. The van der Waals surface area contributed by atoms with Crippen LogP contribution in [-0.2, 0) is 6.54 Å². The standard InChI is InChI=1S/C12H15N3/c1-10(2)11-7-14-15(8-11)9-12-5-3-4-6-13-12/h3-8,10H,9H2,1-2H3. The summed E-state index contributed by atoms with van der Waals surface area (Å²) >= 11 is 0. The number of hydrogen-bond donors (Lipinski definition) is 0. The highest BCUT2D eigenvalue weighted by molar-refractivity contribution is 5.10. The Bertz CT molecular complexity index is 417. The summed E-state index contributed by atoms with van der Waals surface area (Å²) in [4.78, 5) is 4.27. The summed E-state index contributed by atoms with van der Waals surface area (Å²) in [6.07, 6.45) is 5.81. The lowest BCUT2D eigenvalue weighted by Gasteiger charge is -2.00. The van der Waals surface area contributed by atoms with Crippen LogP contribution in [0.3, 0.4) is 0 Å². The summed E-state index contributed by atoms with van der Waals surface area (Å²) in [5.74, 6) is 0.530. The number of hydrogen-bond acceptors (Lipinski definition) is 2. The molecule has 15 heavy (non-hydrogen) atoms. The maximum Gasteiger partial charge on any atom is 0.0831 e. The van der Waals surface area contributed by atoms with Crippen molar-refractivity contribution in [2.45, 2.75) is 26.3 Å². The van der Waals surface area contributed by atoms with Crippen molar-refractivity contribution in [3.05, 3.63) is 48.0 Å². The summed E-state index contributed by atoms with van der Waals surface area (Å²) in [5, 5.41) is 4.31. The van der Waals surface area contributed by atoms with Gasteiger partial charge in [-0.2, -0.15) is 5.10 Å². The van der Waals surface area contributed by atoms with Crippen LogP contribution in [0.1, 0.15) is 31.0 Å². The molecule has 0 aliphatic rings. The molecule has 0 amide bonds. The Morgan fingerprint density at radius 1 is 1.33 bits per heavy atom. The van der Waals surface area contributed by atoms with Crippen LogP contribution in [0.4, 0.5) is 0 Å². The number of aromatic nitrogens is 3. The van der Waals surface area contributed by atoms with Gasteiger partial charge < -0.3 is 0 Å². The van der Waals surface area contributed by atoms with Gasteiger partial charge in [-0.1, -0.05) is 19.9 Å². The lowest BCUT2D eigenvalue weighted by molar-refractivity contribution is 0.671. The molecule has 3 heteroatoms. The molecule has 3 nitrogen and oxygen atoms in total. The first-order valence-corrected chi connectivity index (χ1v) is 5.18. The van der Waals surface area contributed by atoms with Crippen LogP contribution in [0.2, 0.25) is 0 Å². The first-order valence-electron chi connectivity index (χ1n) is 5.18. The van der Waals surface area contributed by atoms with Crippen molar-refractivity contribution in [3.8, 4) is 0 Å². The molecule has 0 aromatic carbocycles. The fourth-order valence-electron chi connectivity index (χ4n) is 1.42. The van der Waals surface area contributed by atoms with Crippen LogP contribution >= 0.6 is 0 Å². The zero-order valence-electron chi connectivity index (χ0n) is 9.09. The van der Waals surface area contributed by atoms with Crippen molar-refractivity contribution in [3.63, 3.8) is 0 Å². The number of pyridine rings is 1. The first-order chi connectivity index (χ1) is 7.25. The van der Waals surface area contributed by atoms with Gasteiger partial charge in [-0.05, 0) is 23.6 Å². The largest absolute Gasteiger partial charge is 0.266 e. The Balaban J connectivity index is 2.12. The van der Waals surface area contributed by atoms with E-state index in [1.807, 2.05) is 35.3 Å². The van der Waals surface area contributed by atoms with Gasteiger partial charge in [-0.25, -0.2) is 0 Å². The molecule has 0 aliphatic heterocycles. The molecule has 0 N–H and O–H groups in total. The molecule has 0 spiro atoms. The highest BCUT2D eigenvalue weighted by Crippen LogP contribution is 2.12. The van der Waals surface area contributed by atoms with Gasteiger partial charge in [0.2, 0.25) is 0 Å². The van der Waals surface area contributed by atoms with Gasteiger partial charge in [-0.15, -0.1) is 0 Å². The molecular formula is C12H15N3. The summed E-state index contributed by atoms with van der Waals surface area (Å²) in [6.45, 7) is 5.08. The molecule has 2 aromatic rings. The van der Waals surface area contributed by atoms with Crippen molar-refractivity contribution in [1.29, 1.82) is 0 Å². The van der Waals surface area contributed by atoms with E-state index in [1.165, 1.54) is 5.56 Å². The van der Waals surface area contributed by atoms with Crippen molar-refractivity contribution in [1.82, 2.24) is 14.8 Å². The molecular weight excluding hydrogens is 186 g/mol. The van der Waals surface area contributed by atoms with Gasteiger partial charge in [0, 0.05) is 12.4 Å². The minimum absolute atomic E-state index is 0.530. The summed E-state index contributed by atoms with van der Waals surface area (Å²) in [6, 6.07) is 5.93. The third-order valence-electron chi connectivity index (χ3n) is 2.37. The molecule has 2 aromatic heterocycles. The van der Waals surface area contributed by atoms with Crippen LogP contribution < -0.4 is 0 Å². The monoisotopic (exact) mass is 201 g/mol. The molecule has 0 radical (unpaired) electrons. The Morgan fingerprint density at radius 2 is 2.20 bits per heavy atom. The molecule has 2 rings (SSSR count). The lowest BCUT2D eigenvalue weighted by Crippen LogP contribution is -2.01. The zero-order chi connectivity index (χ0) is 10.7. The molecule has 0 saturated heterocycles. The molecule has 0 fully saturated rings. The second kappa shape index (κ2) is 4.26. The van der Waals surface area contributed by atoms with E-state index in [2.05, 4.69) is 30.1 Å². The molecule has 0 atom stereocenters. The summed E-state index contributed by atoms with van der Waals surface area (Å²) < 4.78 is 1.93. The molecule has 2 heterocycles.